The molecule has 0 radical (unpaired) electrons. The first kappa shape index (κ1) is 10.7. The largest absolute Gasteiger partial charge is 0.315 e. The third kappa shape index (κ3) is 5.44. The highest BCUT2D eigenvalue weighted by atomic mass is 35.5. The van der Waals surface area contributed by atoms with Gasteiger partial charge in [0, 0.05) is 5.50 Å². The van der Waals surface area contributed by atoms with Gasteiger partial charge in [-0.2, -0.15) is 0 Å². The van der Waals surface area contributed by atoms with Crippen LogP contribution in [-0.4, -0.2) is 22.0 Å². The van der Waals surface area contributed by atoms with Gasteiger partial charge in [-0.05, 0) is 18.8 Å². The highest BCUT2D eigenvalue weighted by Gasteiger charge is 2.31. The normalized spacial score (nSPS) is 13.8. The molecule has 0 heterocycles. The second-order valence-electron chi connectivity index (χ2n) is 4.19. The van der Waals surface area contributed by atoms with Crippen LogP contribution in [0.5, 0.6) is 0 Å². The van der Waals surface area contributed by atoms with E-state index >= 15 is 0 Å². The molecule has 62 valence electrons. The highest BCUT2D eigenvalue weighted by Crippen LogP contribution is 2.21. The van der Waals surface area contributed by atoms with Crippen LogP contribution in [0.3, 0.4) is 0 Å². The lowest BCUT2D eigenvalue weighted by Crippen LogP contribution is -2.38. The van der Waals surface area contributed by atoms with E-state index in [0.29, 0.717) is 5.50 Å². The van der Waals surface area contributed by atoms with Crippen LogP contribution in [0.4, 0.5) is 4.11 Å². The smallest absolute Gasteiger partial charge is 0.238 e. The molecule has 0 aromatic rings. The number of hydrogen-bond acceptors (Lipinski definition) is 0. The second-order valence-corrected chi connectivity index (χ2v) is 14.4. The molecule has 0 spiro atoms. The van der Waals surface area contributed by atoms with Crippen molar-refractivity contribution in [3.8, 4) is 0 Å². The van der Waals surface area contributed by atoms with Gasteiger partial charge in [-0.1, -0.05) is 13.1 Å². The fourth-order valence-electron chi connectivity index (χ4n) is 1.19. The summed E-state index contributed by atoms with van der Waals surface area (Å²) in [5.74, 6) is 0. The van der Waals surface area contributed by atoms with Crippen LogP contribution in [-0.2, 0) is 0 Å². The van der Waals surface area contributed by atoms with Crippen molar-refractivity contribution in [2.75, 3.05) is 5.50 Å². The summed E-state index contributed by atoms with van der Waals surface area (Å²) in [4.78, 5) is 0. The van der Waals surface area contributed by atoms with E-state index in [0.717, 1.165) is 5.67 Å². The van der Waals surface area contributed by atoms with Gasteiger partial charge in [0.25, 0.3) is 0 Å². The molecular formula is C6H16ClFSi2. The molecule has 0 amide bonds. The number of alkyl halides is 1. The van der Waals surface area contributed by atoms with Crippen LogP contribution in [0, 0.1) is 0 Å². The topological polar surface area (TPSA) is 0 Å². The minimum absolute atomic E-state index is 0.688. The molecule has 4 heteroatoms. The zero-order chi connectivity index (χ0) is 8.41. The van der Waals surface area contributed by atoms with Crippen molar-refractivity contribution in [1.82, 2.24) is 0 Å². The van der Waals surface area contributed by atoms with E-state index < -0.39 is 16.5 Å². The molecule has 0 aromatic heterocycles. The highest BCUT2D eigenvalue weighted by molar-refractivity contribution is 6.95. The molecule has 0 atom stereocenters. The summed E-state index contributed by atoms with van der Waals surface area (Å²) in [5.41, 5.74) is 1.48. The average molecular weight is 199 g/mol. The summed E-state index contributed by atoms with van der Waals surface area (Å²) in [6.45, 7) is 7.81. The molecule has 0 fully saturated rings. The predicted octanol–water partition coefficient (Wildman–Crippen LogP) is 3.19. The van der Waals surface area contributed by atoms with Crippen molar-refractivity contribution in [2.24, 2.45) is 0 Å². The number of rotatable bonds is 3. The Bertz CT molecular complexity index is 109. The summed E-state index contributed by atoms with van der Waals surface area (Å²) in [6, 6.07) is 0. The molecule has 0 nitrogen and oxygen atoms in total. The van der Waals surface area contributed by atoms with Crippen molar-refractivity contribution >= 4 is 28.1 Å². The van der Waals surface area contributed by atoms with E-state index in [1.807, 2.05) is 0 Å². The van der Waals surface area contributed by atoms with Crippen molar-refractivity contribution in [2.45, 2.75) is 31.9 Å². The summed E-state index contributed by atoms with van der Waals surface area (Å²) < 4.78 is 13.2. The van der Waals surface area contributed by atoms with Gasteiger partial charge in [0.1, 0.15) is 0 Å². The first-order chi connectivity index (χ1) is 4.27. The van der Waals surface area contributed by atoms with Gasteiger partial charge in [0.15, 0.2) is 0 Å². The zero-order valence-electron chi connectivity index (χ0n) is 7.17. The molecule has 0 rings (SSSR count). The van der Waals surface area contributed by atoms with Gasteiger partial charge in [-0.15, -0.1) is 11.6 Å². The first-order valence-electron chi connectivity index (χ1n) is 3.52. The third-order valence-corrected chi connectivity index (χ3v) is 11.3. The van der Waals surface area contributed by atoms with Crippen molar-refractivity contribution in [3.05, 3.63) is 0 Å². The number of halogens is 2. The van der Waals surface area contributed by atoms with Gasteiger partial charge in [-0.3, -0.25) is 0 Å². The lowest BCUT2D eigenvalue weighted by Gasteiger charge is -2.23. The molecule has 0 aliphatic rings. The van der Waals surface area contributed by atoms with E-state index in [2.05, 4.69) is 13.1 Å². The second kappa shape index (κ2) is 3.37. The maximum Gasteiger partial charge on any atom is 0.238 e. The molecule has 0 aliphatic heterocycles. The summed E-state index contributed by atoms with van der Waals surface area (Å²) in [7, 11) is -3.70. The first-order valence-corrected chi connectivity index (χ1v) is 10.6. The molecule has 0 saturated heterocycles. The molecule has 0 aromatic carbocycles. The van der Waals surface area contributed by atoms with Crippen molar-refractivity contribution in [3.63, 3.8) is 0 Å². The van der Waals surface area contributed by atoms with Gasteiger partial charge >= 0.3 is 0 Å². The Morgan fingerprint density at radius 3 is 1.70 bits per heavy atom. The molecular weight excluding hydrogens is 183 g/mol. The monoisotopic (exact) mass is 198 g/mol. The van der Waals surface area contributed by atoms with Crippen LogP contribution in [0.2, 0.25) is 31.9 Å². The van der Waals surface area contributed by atoms with Crippen molar-refractivity contribution in [1.29, 1.82) is 0 Å². The minimum atomic E-state index is -2.34. The lowest BCUT2D eigenvalue weighted by atomic mass is 11.7. The Morgan fingerprint density at radius 1 is 1.20 bits per heavy atom. The maximum absolute atomic E-state index is 13.2. The predicted molar refractivity (Wildman–Crippen MR) is 51.6 cm³/mol. The van der Waals surface area contributed by atoms with E-state index in [-0.39, 0.29) is 0 Å². The molecule has 0 saturated carbocycles. The number of hydrogen-bond donors (Lipinski definition) is 0. The Kier molecular flexibility index (Phi) is 3.59. The van der Waals surface area contributed by atoms with Crippen LogP contribution >= 0.6 is 11.6 Å². The Balaban J connectivity index is 3.89. The fourth-order valence-corrected chi connectivity index (χ4v) is 11.5. The van der Waals surface area contributed by atoms with E-state index in [9.17, 15) is 4.11 Å². The summed E-state index contributed by atoms with van der Waals surface area (Å²) >= 11 is 5.72. The fraction of sp³-hybridized carbons (Fsp3) is 1.00. The van der Waals surface area contributed by atoms with Gasteiger partial charge in [0.05, 0.1) is 8.07 Å². The van der Waals surface area contributed by atoms with E-state index in [4.69, 9.17) is 11.6 Å². The standard InChI is InChI=1S/C6H16ClFSi2/c1-9(2,5-7)6-10(3,4)8/h5-6H2,1-4H3. The Morgan fingerprint density at radius 2 is 1.60 bits per heavy atom. The van der Waals surface area contributed by atoms with Crippen molar-refractivity contribution < 1.29 is 4.11 Å². The van der Waals surface area contributed by atoms with Gasteiger partial charge in [0.2, 0.25) is 8.41 Å². The maximum atomic E-state index is 13.2. The van der Waals surface area contributed by atoms with Crippen LogP contribution in [0.15, 0.2) is 0 Å². The zero-order valence-corrected chi connectivity index (χ0v) is 9.93. The van der Waals surface area contributed by atoms with Crippen LogP contribution in [0.1, 0.15) is 0 Å². The molecule has 0 unspecified atom stereocenters. The molecule has 0 N–H and O–H groups in total. The van der Waals surface area contributed by atoms with Crippen LogP contribution < -0.4 is 0 Å². The van der Waals surface area contributed by atoms with Crippen LogP contribution in [0.25, 0.3) is 0 Å². The Labute approximate surface area is 70.0 Å². The molecule has 0 bridgehead atoms. The van der Waals surface area contributed by atoms with E-state index in [1.54, 1.807) is 13.1 Å². The van der Waals surface area contributed by atoms with Gasteiger partial charge < -0.3 is 4.11 Å². The SMILES string of the molecule is C[Si](C)(F)C[Si](C)(C)CCl. The third-order valence-electron chi connectivity index (χ3n) is 1.26. The average Bonchev–Trinajstić information content (AvgIpc) is 1.60. The summed E-state index contributed by atoms with van der Waals surface area (Å²) in [5, 5.41) is 0. The summed E-state index contributed by atoms with van der Waals surface area (Å²) in [6.07, 6.45) is 0. The van der Waals surface area contributed by atoms with Gasteiger partial charge in [-0.25, -0.2) is 0 Å². The quantitative estimate of drug-likeness (QED) is 0.371. The molecule has 0 aliphatic carbocycles. The van der Waals surface area contributed by atoms with E-state index in [1.165, 1.54) is 0 Å². The Hall–Kier alpha value is 0.654. The lowest BCUT2D eigenvalue weighted by molar-refractivity contribution is 0.803. The molecule has 10 heavy (non-hydrogen) atoms. The minimum Gasteiger partial charge on any atom is -0.315 e.